The topological polar surface area (TPSA) is 83.0 Å². The van der Waals surface area contributed by atoms with Crippen LogP contribution < -0.4 is 10.6 Å². The summed E-state index contributed by atoms with van der Waals surface area (Å²) in [5.74, 6) is 0.186. The third kappa shape index (κ3) is 5.73. The van der Waals surface area contributed by atoms with E-state index in [0.29, 0.717) is 48.7 Å². The lowest BCUT2D eigenvalue weighted by molar-refractivity contribution is 0.0108. The number of hydrogen-bond acceptors (Lipinski definition) is 7. The molecule has 8 heteroatoms. The van der Waals surface area contributed by atoms with Crippen molar-refractivity contribution in [3.05, 3.63) is 83.2 Å². The lowest BCUT2D eigenvalue weighted by atomic mass is 9.89. The van der Waals surface area contributed by atoms with Gasteiger partial charge in [-0.2, -0.15) is 0 Å². The molecule has 4 aromatic rings. The maximum Gasteiger partial charge on any atom is 0.223 e. The summed E-state index contributed by atoms with van der Waals surface area (Å²) in [7, 11) is 0. The SMILES string of the molecule is OC1(Cc2nc(-c3ccccc3F)c(-c3ccnc(NCCc4ccccc4)n3)s2)CCNCC1. The third-order valence-electron chi connectivity index (χ3n) is 6.24. The number of anilines is 1. The van der Waals surface area contributed by atoms with Gasteiger partial charge >= 0.3 is 0 Å². The Bertz CT molecular complexity index is 1270. The molecule has 1 aliphatic heterocycles. The van der Waals surface area contributed by atoms with Crippen LogP contribution in [-0.2, 0) is 12.8 Å². The van der Waals surface area contributed by atoms with Crippen LogP contribution in [0.3, 0.4) is 0 Å². The number of rotatable bonds is 8. The van der Waals surface area contributed by atoms with Gasteiger partial charge in [0.15, 0.2) is 0 Å². The maximum atomic E-state index is 14.8. The second-order valence-electron chi connectivity index (χ2n) is 8.84. The van der Waals surface area contributed by atoms with Gasteiger partial charge in [-0.3, -0.25) is 0 Å². The number of aliphatic hydroxyl groups is 1. The smallest absolute Gasteiger partial charge is 0.223 e. The van der Waals surface area contributed by atoms with Gasteiger partial charge in [-0.25, -0.2) is 19.3 Å². The fourth-order valence-electron chi connectivity index (χ4n) is 4.33. The summed E-state index contributed by atoms with van der Waals surface area (Å²) in [6.45, 7) is 2.25. The van der Waals surface area contributed by atoms with Crippen LogP contribution in [0.15, 0.2) is 66.9 Å². The molecule has 180 valence electrons. The third-order valence-corrected chi connectivity index (χ3v) is 7.32. The minimum atomic E-state index is -0.803. The van der Waals surface area contributed by atoms with E-state index in [1.54, 1.807) is 24.4 Å². The normalized spacial score (nSPS) is 15.1. The van der Waals surface area contributed by atoms with Crippen LogP contribution in [0.1, 0.15) is 23.4 Å². The molecule has 5 rings (SSSR count). The van der Waals surface area contributed by atoms with Crippen molar-refractivity contribution in [3.63, 3.8) is 0 Å². The van der Waals surface area contributed by atoms with Gasteiger partial charge < -0.3 is 15.7 Å². The number of piperidine rings is 1. The minimum Gasteiger partial charge on any atom is -0.389 e. The molecule has 2 aromatic carbocycles. The van der Waals surface area contributed by atoms with Gasteiger partial charge in [-0.15, -0.1) is 11.3 Å². The number of benzene rings is 2. The van der Waals surface area contributed by atoms with E-state index in [0.717, 1.165) is 29.4 Å². The van der Waals surface area contributed by atoms with Crippen LogP contribution in [0, 0.1) is 5.82 Å². The first-order chi connectivity index (χ1) is 17.1. The molecule has 3 heterocycles. The van der Waals surface area contributed by atoms with Crippen molar-refractivity contribution in [2.24, 2.45) is 0 Å². The Labute approximate surface area is 208 Å². The summed E-state index contributed by atoms with van der Waals surface area (Å²) in [4.78, 5) is 14.7. The first-order valence-corrected chi connectivity index (χ1v) is 12.7. The summed E-state index contributed by atoms with van der Waals surface area (Å²) in [5.41, 5.74) is 2.10. The quantitative estimate of drug-likeness (QED) is 0.332. The Kier molecular flexibility index (Phi) is 7.13. The number of hydrogen-bond donors (Lipinski definition) is 3. The van der Waals surface area contributed by atoms with Crippen molar-refractivity contribution >= 4 is 17.3 Å². The Hall–Kier alpha value is -3.20. The first-order valence-electron chi connectivity index (χ1n) is 11.9. The van der Waals surface area contributed by atoms with Gasteiger partial charge in [0, 0.05) is 24.7 Å². The lowest BCUT2D eigenvalue weighted by Crippen LogP contribution is -2.43. The fourth-order valence-corrected chi connectivity index (χ4v) is 5.52. The zero-order chi connectivity index (χ0) is 24.1. The van der Waals surface area contributed by atoms with Crippen molar-refractivity contribution in [2.75, 3.05) is 25.0 Å². The molecule has 0 bridgehead atoms. The Morgan fingerprint density at radius 2 is 1.77 bits per heavy atom. The number of aromatic nitrogens is 3. The number of nitrogens with zero attached hydrogens (tertiary/aromatic N) is 3. The zero-order valence-corrected chi connectivity index (χ0v) is 20.2. The molecule has 0 radical (unpaired) electrons. The molecule has 35 heavy (non-hydrogen) atoms. The van der Waals surface area contributed by atoms with E-state index in [2.05, 4.69) is 27.8 Å². The Balaban J connectivity index is 1.43. The monoisotopic (exact) mass is 489 g/mol. The second kappa shape index (κ2) is 10.6. The summed E-state index contributed by atoms with van der Waals surface area (Å²) < 4.78 is 14.8. The lowest BCUT2D eigenvalue weighted by Gasteiger charge is -2.31. The largest absolute Gasteiger partial charge is 0.389 e. The number of halogens is 1. The van der Waals surface area contributed by atoms with Gasteiger partial charge in [-0.1, -0.05) is 42.5 Å². The molecule has 0 atom stereocenters. The van der Waals surface area contributed by atoms with Gasteiger partial charge in [0.25, 0.3) is 0 Å². The summed E-state index contributed by atoms with van der Waals surface area (Å²) >= 11 is 1.46. The van der Waals surface area contributed by atoms with Crippen LogP contribution in [0.2, 0.25) is 0 Å². The fraction of sp³-hybridized carbons (Fsp3) is 0.296. The molecule has 1 fully saturated rings. The van der Waals surface area contributed by atoms with Gasteiger partial charge in [0.05, 0.1) is 26.9 Å². The van der Waals surface area contributed by atoms with Crippen LogP contribution in [0.5, 0.6) is 0 Å². The highest BCUT2D eigenvalue weighted by Gasteiger charge is 2.31. The Morgan fingerprint density at radius 1 is 1.00 bits per heavy atom. The minimum absolute atomic E-state index is 0.332. The Morgan fingerprint density at radius 3 is 2.57 bits per heavy atom. The van der Waals surface area contributed by atoms with E-state index in [1.807, 2.05) is 24.3 Å². The molecule has 0 aliphatic carbocycles. The molecule has 0 saturated carbocycles. The molecule has 2 aromatic heterocycles. The van der Waals surface area contributed by atoms with E-state index in [4.69, 9.17) is 9.97 Å². The van der Waals surface area contributed by atoms with Crippen molar-refractivity contribution in [1.82, 2.24) is 20.3 Å². The van der Waals surface area contributed by atoms with Crippen LogP contribution in [-0.4, -0.2) is 45.3 Å². The van der Waals surface area contributed by atoms with Gasteiger partial charge in [0.2, 0.25) is 5.95 Å². The van der Waals surface area contributed by atoms with Gasteiger partial charge in [-0.05, 0) is 56.1 Å². The molecule has 1 aliphatic rings. The van der Waals surface area contributed by atoms with Crippen LogP contribution in [0.4, 0.5) is 10.3 Å². The predicted octanol–water partition coefficient (Wildman–Crippen LogP) is 4.72. The number of thiazole rings is 1. The first kappa shape index (κ1) is 23.5. The number of nitrogens with one attached hydrogen (secondary N) is 2. The standard InChI is InChI=1S/C27H28FN5OS/c28-21-9-5-4-8-20(21)24-25(35-23(33-24)18-27(34)12-16-29-17-13-27)22-11-15-31-26(32-22)30-14-10-19-6-2-1-3-7-19/h1-9,11,15,29,34H,10,12-14,16-18H2,(H,30,31,32). The second-order valence-corrected chi connectivity index (χ2v) is 9.93. The van der Waals surface area contributed by atoms with Crippen LogP contribution in [0.25, 0.3) is 21.8 Å². The van der Waals surface area contributed by atoms with Crippen molar-refractivity contribution in [1.29, 1.82) is 0 Å². The molecular formula is C27H28FN5OS. The summed E-state index contributed by atoms with van der Waals surface area (Å²) in [5, 5.41) is 18.4. The van der Waals surface area contributed by atoms with Gasteiger partial charge in [0.1, 0.15) is 5.82 Å². The van der Waals surface area contributed by atoms with E-state index < -0.39 is 5.60 Å². The highest BCUT2D eigenvalue weighted by Crippen LogP contribution is 2.39. The molecule has 6 nitrogen and oxygen atoms in total. The van der Waals surface area contributed by atoms with E-state index in [9.17, 15) is 9.50 Å². The molecule has 0 unspecified atom stereocenters. The van der Waals surface area contributed by atoms with Crippen molar-refractivity contribution in [3.8, 4) is 21.8 Å². The maximum absolute atomic E-state index is 14.8. The molecule has 3 N–H and O–H groups in total. The molecule has 0 amide bonds. The van der Waals surface area contributed by atoms with E-state index in [1.165, 1.54) is 23.0 Å². The zero-order valence-electron chi connectivity index (χ0n) is 19.4. The highest BCUT2D eigenvalue weighted by atomic mass is 32.1. The average Bonchev–Trinajstić information content (AvgIpc) is 3.28. The van der Waals surface area contributed by atoms with Crippen molar-refractivity contribution < 1.29 is 9.50 Å². The highest BCUT2D eigenvalue weighted by molar-refractivity contribution is 7.15. The van der Waals surface area contributed by atoms with E-state index in [-0.39, 0.29) is 5.82 Å². The predicted molar refractivity (Wildman–Crippen MR) is 138 cm³/mol. The molecule has 1 saturated heterocycles. The van der Waals surface area contributed by atoms with Crippen LogP contribution >= 0.6 is 11.3 Å². The van der Waals surface area contributed by atoms with Crippen molar-refractivity contribution in [2.45, 2.75) is 31.3 Å². The average molecular weight is 490 g/mol. The van der Waals surface area contributed by atoms with E-state index >= 15 is 0 Å². The molecular weight excluding hydrogens is 461 g/mol. The molecule has 0 spiro atoms. The summed E-state index contributed by atoms with van der Waals surface area (Å²) in [6, 6.07) is 18.7. The summed E-state index contributed by atoms with van der Waals surface area (Å²) in [6.07, 6.45) is 4.33.